The van der Waals surface area contributed by atoms with Crippen molar-refractivity contribution in [1.82, 2.24) is 9.97 Å². The minimum atomic E-state index is -0.434. The lowest BCUT2D eigenvalue weighted by molar-refractivity contribution is 0.0413. The maximum atomic E-state index is 11.7. The number of aromatic nitrogens is 2. The largest absolute Gasteiger partial charge is 0.465 e. The van der Waals surface area contributed by atoms with E-state index in [4.69, 9.17) is 25.8 Å². The minimum Gasteiger partial charge on any atom is -0.465 e. The number of carbonyl (C=O) groups is 1. The molecule has 27 heavy (non-hydrogen) atoms. The second-order valence-corrected chi connectivity index (χ2v) is 6.53. The molecule has 0 aliphatic carbocycles. The molecule has 0 radical (unpaired) electrons. The van der Waals surface area contributed by atoms with Crippen LogP contribution in [0.4, 0.5) is 0 Å². The van der Waals surface area contributed by atoms with Gasteiger partial charge in [-0.15, -0.1) is 0 Å². The Bertz CT molecular complexity index is 1040. The van der Waals surface area contributed by atoms with Crippen LogP contribution >= 0.6 is 11.6 Å². The van der Waals surface area contributed by atoms with Gasteiger partial charge < -0.3 is 14.2 Å². The Balaban J connectivity index is 1.71. The van der Waals surface area contributed by atoms with E-state index >= 15 is 0 Å². The van der Waals surface area contributed by atoms with Crippen molar-refractivity contribution < 1.29 is 19.0 Å². The smallest absolute Gasteiger partial charge is 0.337 e. The monoisotopic (exact) mass is 384 g/mol. The van der Waals surface area contributed by atoms with Crippen LogP contribution in [0.3, 0.4) is 0 Å². The van der Waals surface area contributed by atoms with Gasteiger partial charge in [0.15, 0.2) is 16.7 Å². The van der Waals surface area contributed by atoms with Crippen molar-refractivity contribution in [3.05, 3.63) is 47.1 Å². The summed E-state index contributed by atoms with van der Waals surface area (Å²) in [6, 6.07) is 10.6. The van der Waals surface area contributed by atoms with Gasteiger partial charge in [-0.3, -0.25) is 0 Å². The molecule has 7 heteroatoms. The number of fused-ring (bicyclic) bond motifs is 2. The third-order valence-corrected chi connectivity index (χ3v) is 4.56. The second-order valence-electron chi connectivity index (χ2n) is 6.17. The van der Waals surface area contributed by atoms with Gasteiger partial charge in [-0.25, -0.2) is 14.8 Å². The van der Waals surface area contributed by atoms with E-state index in [1.165, 1.54) is 7.11 Å². The number of esters is 1. The topological polar surface area (TPSA) is 70.5 Å². The van der Waals surface area contributed by atoms with Crippen LogP contribution in [-0.2, 0) is 4.74 Å². The van der Waals surface area contributed by atoms with Gasteiger partial charge in [0, 0.05) is 12.0 Å². The predicted octanol–water partition coefficient (Wildman–Crippen LogP) is 4.63. The zero-order valence-corrected chi connectivity index (χ0v) is 15.6. The summed E-state index contributed by atoms with van der Waals surface area (Å²) < 4.78 is 16.3. The number of carbonyl (C=O) groups excluding carboxylic acids is 1. The summed E-state index contributed by atoms with van der Waals surface area (Å²) in [7, 11) is 1.33. The van der Waals surface area contributed by atoms with Gasteiger partial charge >= 0.3 is 5.97 Å². The Morgan fingerprint density at radius 1 is 1.11 bits per heavy atom. The summed E-state index contributed by atoms with van der Waals surface area (Å²) in [5.74, 6) is 0.950. The molecule has 1 aliphatic rings. The maximum Gasteiger partial charge on any atom is 0.337 e. The standard InChI is InChI=1S/C20H17ClN2O4/c1-3-4-17-26-15-8-6-11(10-16(15)27-17)18-19(21)23-14-9-12(20(24)25-2)5-7-13(14)22-18/h5-10,17H,3-4H2,1-2H3. The van der Waals surface area contributed by atoms with Crippen molar-refractivity contribution in [2.75, 3.05) is 7.11 Å². The highest BCUT2D eigenvalue weighted by atomic mass is 35.5. The number of halogens is 1. The molecule has 0 N–H and O–H groups in total. The Morgan fingerprint density at radius 3 is 2.70 bits per heavy atom. The molecule has 0 spiro atoms. The van der Waals surface area contributed by atoms with Gasteiger partial charge in [-0.1, -0.05) is 18.5 Å². The molecule has 0 saturated carbocycles. The van der Waals surface area contributed by atoms with E-state index in [-0.39, 0.29) is 11.4 Å². The Morgan fingerprint density at radius 2 is 1.93 bits per heavy atom. The molecule has 138 valence electrons. The molecule has 0 saturated heterocycles. The van der Waals surface area contributed by atoms with E-state index in [0.29, 0.717) is 33.8 Å². The third-order valence-electron chi connectivity index (χ3n) is 4.30. The Labute approximate surface area is 161 Å². The number of benzene rings is 2. The number of hydrogen-bond donors (Lipinski definition) is 0. The molecule has 2 heterocycles. The number of hydrogen-bond acceptors (Lipinski definition) is 6. The molecule has 1 aliphatic heterocycles. The molecule has 1 atom stereocenters. The van der Waals surface area contributed by atoms with Crippen molar-refractivity contribution in [1.29, 1.82) is 0 Å². The lowest BCUT2D eigenvalue weighted by Gasteiger charge is -2.08. The summed E-state index contributed by atoms with van der Waals surface area (Å²) in [5.41, 5.74) is 2.87. The minimum absolute atomic E-state index is 0.244. The highest BCUT2D eigenvalue weighted by Crippen LogP contribution is 2.39. The van der Waals surface area contributed by atoms with E-state index in [0.717, 1.165) is 18.4 Å². The van der Waals surface area contributed by atoms with Crippen LogP contribution in [0.2, 0.25) is 5.15 Å². The number of methoxy groups -OCH3 is 1. The second kappa shape index (κ2) is 7.04. The van der Waals surface area contributed by atoms with Gasteiger partial charge in [0.05, 0.1) is 23.7 Å². The van der Waals surface area contributed by atoms with Crippen LogP contribution in [0.15, 0.2) is 36.4 Å². The van der Waals surface area contributed by atoms with Gasteiger partial charge in [-0.2, -0.15) is 0 Å². The molecule has 1 aromatic heterocycles. The molecule has 0 amide bonds. The highest BCUT2D eigenvalue weighted by Gasteiger charge is 2.24. The third kappa shape index (κ3) is 3.28. The van der Waals surface area contributed by atoms with E-state index in [1.807, 2.05) is 18.2 Å². The SMILES string of the molecule is CCCC1Oc2ccc(-c3nc4ccc(C(=O)OC)cc4nc3Cl)cc2O1. The fourth-order valence-corrected chi connectivity index (χ4v) is 3.21. The average Bonchev–Trinajstić information content (AvgIpc) is 3.08. The van der Waals surface area contributed by atoms with Gasteiger partial charge in [-0.05, 0) is 42.8 Å². The van der Waals surface area contributed by atoms with Crippen molar-refractivity contribution in [3.63, 3.8) is 0 Å². The maximum absolute atomic E-state index is 11.7. The highest BCUT2D eigenvalue weighted by molar-refractivity contribution is 6.32. The van der Waals surface area contributed by atoms with Crippen LogP contribution in [0, 0.1) is 0 Å². The normalized spacial score (nSPS) is 15.1. The first-order valence-electron chi connectivity index (χ1n) is 8.62. The summed E-state index contributed by atoms with van der Waals surface area (Å²) in [6.07, 6.45) is 1.54. The molecule has 0 bridgehead atoms. The molecule has 0 fully saturated rings. The van der Waals surface area contributed by atoms with Crippen LogP contribution < -0.4 is 9.47 Å². The van der Waals surface area contributed by atoms with Gasteiger partial charge in [0.25, 0.3) is 0 Å². The number of nitrogens with zero attached hydrogens (tertiary/aromatic N) is 2. The summed E-state index contributed by atoms with van der Waals surface area (Å²) >= 11 is 6.37. The van der Waals surface area contributed by atoms with Crippen LogP contribution in [-0.4, -0.2) is 29.3 Å². The number of ether oxygens (including phenoxy) is 3. The molecule has 3 aromatic rings. The van der Waals surface area contributed by atoms with Crippen LogP contribution in [0.5, 0.6) is 11.5 Å². The van der Waals surface area contributed by atoms with Crippen LogP contribution in [0.1, 0.15) is 30.1 Å². The molecule has 2 aromatic carbocycles. The molecule has 1 unspecified atom stereocenters. The predicted molar refractivity (Wildman–Crippen MR) is 101 cm³/mol. The first kappa shape index (κ1) is 17.5. The average molecular weight is 385 g/mol. The van der Waals surface area contributed by atoms with Crippen molar-refractivity contribution in [3.8, 4) is 22.8 Å². The van der Waals surface area contributed by atoms with Crippen molar-refractivity contribution in [2.24, 2.45) is 0 Å². The summed E-state index contributed by atoms with van der Waals surface area (Å²) in [4.78, 5) is 20.7. The van der Waals surface area contributed by atoms with E-state index in [9.17, 15) is 4.79 Å². The Kier molecular flexibility index (Phi) is 4.58. The van der Waals surface area contributed by atoms with Crippen LogP contribution in [0.25, 0.3) is 22.3 Å². The summed E-state index contributed by atoms with van der Waals surface area (Å²) in [5, 5.41) is 0.244. The molecule has 6 nitrogen and oxygen atoms in total. The van der Waals surface area contributed by atoms with E-state index in [1.54, 1.807) is 18.2 Å². The van der Waals surface area contributed by atoms with E-state index in [2.05, 4.69) is 16.9 Å². The summed E-state index contributed by atoms with van der Waals surface area (Å²) in [6.45, 7) is 2.08. The van der Waals surface area contributed by atoms with Crippen molar-refractivity contribution in [2.45, 2.75) is 26.1 Å². The number of rotatable bonds is 4. The first-order valence-corrected chi connectivity index (χ1v) is 9.00. The van der Waals surface area contributed by atoms with E-state index < -0.39 is 5.97 Å². The molecule has 4 rings (SSSR count). The van der Waals surface area contributed by atoms with Crippen molar-refractivity contribution >= 4 is 28.6 Å². The fraction of sp³-hybridized carbons (Fsp3) is 0.250. The lowest BCUT2D eigenvalue weighted by Crippen LogP contribution is -2.16. The first-order chi connectivity index (χ1) is 13.1. The fourth-order valence-electron chi connectivity index (χ4n) is 2.97. The van der Waals surface area contributed by atoms with Gasteiger partial charge in [0.2, 0.25) is 6.29 Å². The zero-order valence-electron chi connectivity index (χ0n) is 14.9. The molecular formula is C20H17ClN2O4. The molecular weight excluding hydrogens is 368 g/mol. The van der Waals surface area contributed by atoms with Gasteiger partial charge in [0.1, 0.15) is 5.69 Å². The lowest BCUT2D eigenvalue weighted by atomic mass is 10.1. The quantitative estimate of drug-likeness (QED) is 0.610. The zero-order chi connectivity index (χ0) is 19.0. The Hall–Kier alpha value is -2.86.